The van der Waals surface area contributed by atoms with E-state index in [0.717, 1.165) is 56.3 Å². The minimum atomic E-state index is -0.286. The number of rotatable bonds is 4. The summed E-state index contributed by atoms with van der Waals surface area (Å²) in [6.07, 6.45) is 0. The van der Waals surface area contributed by atoms with Crippen LogP contribution in [0.25, 0.3) is 88.8 Å². The SMILES string of the molecule is CC1(C)c2ccccc2-c2c(-c3ccccc3)nc(-c3ccccc3-n3c4ccccc4c4c3ccc3c5ccccc5n(-c5ccccc5)c34)nc21. The molecule has 7 aromatic carbocycles. The van der Waals surface area contributed by atoms with Crippen molar-refractivity contribution >= 4 is 43.6 Å². The molecule has 1 aliphatic rings. The molecule has 0 saturated carbocycles. The van der Waals surface area contributed by atoms with Gasteiger partial charge < -0.3 is 9.13 Å². The first-order valence-corrected chi connectivity index (χ1v) is 18.3. The Hall–Kier alpha value is -6.78. The maximum Gasteiger partial charge on any atom is 0.162 e. The van der Waals surface area contributed by atoms with E-state index in [2.05, 4.69) is 193 Å². The van der Waals surface area contributed by atoms with Gasteiger partial charge in [0.1, 0.15) is 0 Å². The van der Waals surface area contributed by atoms with Crippen molar-refractivity contribution in [3.8, 4) is 45.1 Å². The molecular formula is C49H34N4. The van der Waals surface area contributed by atoms with Crippen LogP contribution in [0.1, 0.15) is 25.1 Å². The highest BCUT2D eigenvalue weighted by Crippen LogP contribution is 2.51. The molecule has 0 atom stereocenters. The van der Waals surface area contributed by atoms with E-state index in [1.165, 1.54) is 43.7 Å². The van der Waals surface area contributed by atoms with Crippen LogP contribution in [0.2, 0.25) is 0 Å². The number of hydrogen-bond acceptors (Lipinski definition) is 2. The summed E-state index contributed by atoms with van der Waals surface area (Å²) < 4.78 is 4.86. The number of aromatic nitrogens is 4. The van der Waals surface area contributed by atoms with Crippen LogP contribution in [0.15, 0.2) is 170 Å². The van der Waals surface area contributed by atoms with E-state index >= 15 is 0 Å². The zero-order valence-electron chi connectivity index (χ0n) is 29.5. The quantitative estimate of drug-likeness (QED) is 0.186. The standard InChI is InChI=1S/C49H34N4/c1-49(2)38-25-13-9-22-35(38)44-45(31-17-5-3-6-18-31)50-48(51-47(44)49)37-24-12-16-28-41(37)53-40-27-15-11-23-36(40)43-42(53)30-29-34-33-21-10-14-26-39(33)52(46(34)43)32-19-7-4-8-20-32/h3-30H,1-2H3. The Morgan fingerprint density at radius 1 is 0.472 bits per heavy atom. The molecular weight excluding hydrogens is 645 g/mol. The lowest BCUT2D eigenvalue weighted by molar-refractivity contribution is 0.636. The van der Waals surface area contributed by atoms with E-state index in [-0.39, 0.29) is 5.41 Å². The molecule has 4 nitrogen and oxygen atoms in total. The lowest BCUT2D eigenvalue weighted by Gasteiger charge is -2.21. The van der Waals surface area contributed by atoms with Gasteiger partial charge in [0.2, 0.25) is 0 Å². The first kappa shape index (κ1) is 29.9. The smallest absolute Gasteiger partial charge is 0.162 e. The van der Waals surface area contributed by atoms with Crippen molar-refractivity contribution in [1.29, 1.82) is 0 Å². The van der Waals surface area contributed by atoms with Crippen molar-refractivity contribution < 1.29 is 0 Å². The lowest BCUT2D eigenvalue weighted by Crippen LogP contribution is -2.17. The maximum absolute atomic E-state index is 5.51. The highest BCUT2D eigenvalue weighted by molar-refractivity contribution is 6.26. The number of para-hydroxylation sites is 4. The average Bonchev–Trinajstić information content (AvgIpc) is 3.81. The molecule has 0 N–H and O–H groups in total. The molecule has 0 fully saturated rings. The Morgan fingerprint density at radius 3 is 1.89 bits per heavy atom. The molecule has 4 heteroatoms. The van der Waals surface area contributed by atoms with Crippen molar-refractivity contribution in [3.63, 3.8) is 0 Å². The molecule has 0 aliphatic heterocycles. The van der Waals surface area contributed by atoms with Crippen LogP contribution in [0.5, 0.6) is 0 Å². The second kappa shape index (κ2) is 11.1. The molecule has 1 aliphatic carbocycles. The molecule has 3 aromatic heterocycles. The molecule has 0 spiro atoms. The molecule has 53 heavy (non-hydrogen) atoms. The van der Waals surface area contributed by atoms with Crippen LogP contribution in [0.4, 0.5) is 0 Å². The summed E-state index contributed by atoms with van der Waals surface area (Å²) in [5.41, 5.74) is 14.3. The number of benzene rings is 7. The van der Waals surface area contributed by atoms with E-state index in [1.54, 1.807) is 0 Å². The van der Waals surface area contributed by atoms with Gasteiger partial charge in [-0.15, -0.1) is 0 Å². The summed E-state index contributed by atoms with van der Waals surface area (Å²) in [5, 5.41) is 4.92. The van der Waals surface area contributed by atoms with Crippen LogP contribution >= 0.6 is 0 Å². The van der Waals surface area contributed by atoms with Gasteiger partial charge in [-0.25, -0.2) is 9.97 Å². The van der Waals surface area contributed by atoms with Crippen molar-refractivity contribution in [2.75, 3.05) is 0 Å². The third-order valence-corrected chi connectivity index (χ3v) is 11.3. The molecule has 250 valence electrons. The Labute approximate surface area is 307 Å². The van der Waals surface area contributed by atoms with Gasteiger partial charge in [-0.3, -0.25) is 0 Å². The first-order chi connectivity index (χ1) is 26.1. The predicted octanol–water partition coefficient (Wildman–Crippen LogP) is 12.3. The first-order valence-electron chi connectivity index (χ1n) is 18.3. The van der Waals surface area contributed by atoms with E-state index in [1.807, 2.05) is 0 Å². The summed E-state index contributed by atoms with van der Waals surface area (Å²) in [7, 11) is 0. The Bertz CT molecular complexity index is 3080. The Morgan fingerprint density at radius 2 is 1.09 bits per heavy atom. The van der Waals surface area contributed by atoms with Gasteiger partial charge in [0.05, 0.1) is 39.1 Å². The van der Waals surface area contributed by atoms with Crippen molar-refractivity contribution in [1.82, 2.24) is 19.1 Å². The fraction of sp³-hybridized carbons (Fsp3) is 0.0612. The molecule has 0 unspecified atom stereocenters. The third kappa shape index (κ3) is 4.18. The van der Waals surface area contributed by atoms with Gasteiger partial charge in [0.15, 0.2) is 5.82 Å². The minimum absolute atomic E-state index is 0.286. The normalized spacial score (nSPS) is 13.2. The van der Waals surface area contributed by atoms with E-state index in [0.29, 0.717) is 0 Å². The summed E-state index contributed by atoms with van der Waals surface area (Å²) in [5.74, 6) is 0.726. The summed E-state index contributed by atoms with van der Waals surface area (Å²) in [6.45, 7) is 4.58. The fourth-order valence-corrected chi connectivity index (χ4v) is 8.94. The van der Waals surface area contributed by atoms with Crippen LogP contribution in [0.3, 0.4) is 0 Å². The second-order valence-corrected chi connectivity index (χ2v) is 14.6. The zero-order chi connectivity index (χ0) is 35.3. The highest BCUT2D eigenvalue weighted by atomic mass is 15.0. The number of fused-ring (bicyclic) bond motifs is 10. The minimum Gasteiger partial charge on any atom is -0.309 e. The topological polar surface area (TPSA) is 35.6 Å². The van der Waals surface area contributed by atoms with Crippen LogP contribution in [-0.2, 0) is 5.41 Å². The van der Waals surface area contributed by atoms with E-state index < -0.39 is 0 Å². The summed E-state index contributed by atoms with van der Waals surface area (Å²) >= 11 is 0. The van der Waals surface area contributed by atoms with Crippen molar-refractivity contribution in [2.24, 2.45) is 0 Å². The van der Waals surface area contributed by atoms with Gasteiger partial charge >= 0.3 is 0 Å². The third-order valence-electron chi connectivity index (χ3n) is 11.3. The van der Waals surface area contributed by atoms with Crippen molar-refractivity contribution in [3.05, 3.63) is 181 Å². The van der Waals surface area contributed by atoms with Gasteiger partial charge in [-0.1, -0.05) is 141 Å². The van der Waals surface area contributed by atoms with Gasteiger partial charge in [0.25, 0.3) is 0 Å². The van der Waals surface area contributed by atoms with Crippen LogP contribution in [-0.4, -0.2) is 19.1 Å². The molecule has 0 bridgehead atoms. The highest BCUT2D eigenvalue weighted by Gasteiger charge is 2.39. The van der Waals surface area contributed by atoms with Crippen LogP contribution < -0.4 is 0 Å². The predicted molar refractivity (Wildman–Crippen MR) is 219 cm³/mol. The number of nitrogens with zero attached hydrogens (tertiary/aromatic N) is 4. The van der Waals surface area contributed by atoms with Gasteiger partial charge in [-0.2, -0.15) is 0 Å². The zero-order valence-corrected chi connectivity index (χ0v) is 29.5. The maximum atomic E-state index is 5.51. The average molecular weight is 679 g/mol. The summed E-state index contributed by atoms with van der Waals surface area (Å²) in [6, 6.07) is 60.8. The van der Waals surface area contributed by atoms with Crippen LogP contribution in [0, 0.1) is 0 Å². The van der Waals surface area contributed by atoms with Gasteiger partial charge in [-0.05, 0) is 53.6 Å². The molecule has 10 aromatic rings. The lowest BCUT2D eigenvalue weighted by atomic mass is 9.85. The van der Waals surface area contributed by atoms with Gasteiger partial charge in [0, 0.05) is 49.3 Å². The second-order valence-electron chi connectivity index (χ2n) is 14.6. The Balaban J connectivity index is 1.24. The molecule has 3 heterocycles. The van der Waals surface area contributed by atoms with E-state index in [9.17, 15) is 0 Å². The van der Waals surface area contributed by atoms with E-state index in [4.69, 9.17) is 9.97 Å². The van der Waals surface area contributed by atoms with Crippen molar-refractivity contribution in [2.45, 2.75) is 19.3 Å². The molecule has 0 radical (unpaired) electrons. The molecule has 0 amide bonds. The summed E-state index contributed by atoms with van der Waals surface area (Å²) in [4.78, 5) is 11.0. The largest absolute Gasteiger partial charge is 0.309 e. The number of hydrogen-bond donors (Lipinski definition) is 0. The monoisotopic (exact) mass is 678 g/mol. The fourth-order valence-electron chi connectivity index (χ4n) is 8.94. The molecule has 0 saturated heterocycles. The Kier molecular flexibility index (Phi) is 6.27. The molecule has 11 rings (SSSR count).